The molecule has 2 rings (SSSR count). The van der Waals surface area contributed by atoms with Crippen LogP contribution >= 0.6 is 0 Å². The van der Waals surface area contributed by atoms with Gasteiger partial charge in [-0.1, -0.05) is 18.2 Å². The zero-order valence-electron chi connectivity index (χ0n) is 11.9. The monoisotopic (exact) mass is 324 g/mol. The predicted molar refractivity (Wildman–Crippen MR) is 84.1 cm³/mol. The number of rotatable bonds is 6. The molecule has 1 atom stereocenters. The van der Waals surface area contributed by atoms with E-state index in [1.54, 1.807) is 31.2 Å². The van der Waals surface area contributed by atoms with Gasteiger partial charge < -0.3 is 5.32 Å². The number of sulfonamides is 1. The molecular formula is C13H16N4O4S. The van der Waals surface area contributed by atoms with Crippen LogP contribution < -0.4 is 10.5 Å². The summed E-state index contributed by atoms with van der Waals surface area (Å²) >= 11 is 0. The van der Waals surface area contributed by atoms with Crippen LogP contribution in [-0.4, -0.2) is 30.1 Å². The van der Waals surface area contributed by atoms with E-state index in [2.05, 4.69) is 10.3 Å². The molecule has 0 aliphatic carbocycles. The van der Waals surface area contributed by atoms with E-state index in [0.717, 1.165) is 0 Å². The number of hydrogen-bond donors (Lipinski definition) is 2. The first-order chi connectivity index (χ1) is 10.3. The van der Waals surface area contributed by atoms with Gasteiger partial charge in [0.25, 0.3) is 0 Å². The lowest BCUT2D eigenvalue weighted by Gasteiger charge is -2.16. The number of nitrogens with one attached hydrogen (secondary N) is 1. The fourth-order valence-electron chi connectivity index (χ4n) is 2.08. The highest BCUT2D eigenvalue weighted by Crippen LogP contribution is 2.32. The van der Waals surface area contributed by atoms with Crippen molar-refractivity contribution in [1.82, 2.24) is 4.98 Å². The average Bonchev–Trinajstić information content (AvgIpc) is 2.44. The lowest BCUT2D eigenvalue weighted by atomic mass is 10.1. The molecule has 0 amide bonds. The van der Waals surface area contributed by atoms with Crippen LogP contribution in [0.15, 0.2) is 30.5 Å². The molecule has 118 valence electrons. The number of pyridine rings is 1. The second-order valence-corrected chi connectivity index (χ2v) is 6.73. The Hall–Kier alpha value is -2.26. The van der Waals surface area contributed by atoms with E-state index >= 15 is 0 Å². The minimum atomic E-state index is -3.57. The Bertz CT molecular complexity index is 807. The number of para-hydroxylation sites is 1. The van der Waals surface area contributed by atoms with Crippen molar-refractivity contribution in [2.75, 3.05) is 11.1 Å². The van der Waals surface area contributed by atoms with Crippen LogP contribution in [0.4, 0.5) is 11.4 Å². The lowest BCUT2D eigenvalue weighted by molar-refractivity contribution is -0.384. The quantitative estimate of drug-likeness (QED) is 0.613. The molecule has 1 aromatic heterocycles. The molecule has 2 aromatic rings. The van der Waals surface area contributed by atoms with E-state index in [1.807, 2.05) is 0 Å². The maximum Gasteiger partial charge on any atom is 0.311 e. The third kappa shape index (κ3) is 3.89. The van der Waals surface area contributed by atoms with E-state index in [0.29, 0.717) is 16.6 Å². The van der Waals surface area contributed by atoms with E-state index in [4.69, 9.17) is 5.14 Å². The highest BCUT2D eigenvalue weighted by atomic mass is 32.2. The zero-order chi connectivity index (χ0) is 16.3. The second-order valence-electron chi connectivity index (χ2n) is 4.99. The molecule has 22 heavy (non-hydrogen) atoms. The smallest absolute Gasteiger partial charge is 0.311 e. The van der Waals surface area contributed by atoms with Gasteiger partial charge in [0, 0.05) is 11.4 Å². The van der Waals surface area contributed by atoms with E-state index in [1.165, 1.54) is 6.20 Å². The third-order valence-electron chi connectivity index (χ3n) is 3.18. The number of aromatic nitrogens is 1. The van der Waals surface area contributed by atoms with Gasteiger partial charge in [0.15, 0.2) is 0 Å². The van der Waals surface area contributed by atoms with E-state index < -0.39 is 14.9 Å². The van der Waals surface area contributed by atoms with Crippen LogP contribution in [0, 0.1) is 10.1 Å². The molecule has 0 aliphatic rings. The summed E-state index contributed by atoms with van der Waals surface area (Å²) in [5, 5.41) is 19.8. The van der Waals surface area contributed by atoms with Gasteiger partial charge in [-0.3, -0.25) is 10.1 Å². The van der Waals surface area contributed by atoms with Crippen molar-refractivity contribution < 1.29 is 13.3 Å². The molecule has 1 heterocycles. The summed E-state index contributed by atoms with van der Waals surface area (Å²) in [6.07, 6.45) is 1.43. The molecule has 0 spiro atoms. The van der Waals surface area contributed by atoms with Crippen molar-refractivity contribution in [1.29, 1.82) is 0 Å². The van der Waals surface area contributed by atoms with Crippen LogP contribution in [-0.2, 0) is 10.0 Å². The van der Waals surface area contributed by atoms with Gasteiger partial charge in [-0.05, 0) is 19.4 Å². The molecule has 1 unspecified atom stereocenters. The summed E-state index contributed by atoms with van der Waals surface area (Å²) in [5.74, 6) is -0.196. The van der Waals surface area contributed by atoms with Gasteiger partial charge in [-0.15, -0.1) is 0 Å². The van der Waals surface area contributed by atoms with Crippen molar-refractivity contribution in [3.8, 4) is 0 Å². The van der Waals surface area contributed by atoms with Gasteiger partial charge in [-0.25, -0.2) is 18.5 Å². The molecule has 0 saturated heterocycles. The van der Waals surface area contributed by atoms with Crippen LogP contribution in [0.1, 0.15) is 13.3 Å². The molecule has 1 aromatic carbocycles. The third-order valence-corrected chi connectivity index (χ3v) is 3.98. The molecular weight excluding hydrogens is 308 g/mol. The van der Waals surface area contributed by atoms with Crippen LogP contribution in [0.25, 0.3) is 10.9 Å². The van der Waals surface area contributed by atoms with E-state index in [9.17, 15) is 18.5 Å². The molecule has 0 aliphatic heterocycles. The predicted octanol–water partition coefficient (Wildman–Crippen LogP) is 1.62. The summed E-state index contributed by atoms with van der Waals surface area (Å²) < 4.78 is 22.0. The Morgan fingerprint density at radius 2 is 2.09 bits per heavy atom. The lowest BCUT2D eigenvalue weighted by Crippen LogP contribution is -2.24. The first-order valence-electron chi connectivity index (χ1n) is 6.57. The van der Waals surface area contributed by atoms with Crippen LogP contribution in [0.3, 0.4) is 0 Å². The number of anilines is 1. The Balaban J connectivity index is 2.35. The standard InChI is InChI=1S/C13H16N4O4S/c1-9(6-7-22(14,20)21)16-13-10-4-2-3-5-11(10)15-8-12(13)17(18)19/h2-5,8-9H,6-7H2,1H3,(H,15,16)(H2,14,20,21). The number of hydrogen-bond acceptors (Lipinski definition) is 6. The van der Waals surface area contributed by atoms with Gasteiger partial charge in [0.05, 0.1) is 16.2 Å². The van der Waals surface area contributed by atoms with Crippen LogP contribution in [0.2, 0.25) is 0 Å². The molecule has 0 saturated carbocycles. The summed E-state index contributed by atoms with van der Waals surface area (Å²) in [6, 6.07) is 6.72. The molecule has 9 heteroatoms. The molecule has 0 bridgehead atoms. The molecule has 8 nitrogen and oxygen atoms in total. The van der Waals surface area contributed by atoms with Crippen molar-refractivity contribution in [2.45, 2.75) is 19.4 Å². The largest absolute Gasteiger partial charge is 0.376 e. The molecule has 0 fully saturated rings. The number of nitrogens with two attached hydrogens (primary N) is 1. The Morgan fingerprint density at radius 1 is 1.41 bits per heavy atom. The fourth-order valence-corrected chi connectivity index (χ4v) is 2.76. The molecule has 3 N–H and O–H groups in total. The number of primary sulfonamides is 1. The minimum Gasteiger partial charge on any atom is -0.376 e. The minimum absolute atomic E-state index is 0.152. The Morgan fingerprint density at radius 3 is 2.73 bits per heavy atom. The topological polar surface area (TPSA) is 128 Å². The van der Waals surface area contributed by atoms with Gasteiger partial charge in [0.1, 0.15) is 11.9 Å². The Labute approximate surface area is 127 Å². The highest BCUT2D eigenvalue weighted by molar-refractivity contribution is 7.89. The summed E-state index contributed by atoms with van der Waals surface area (Å²) in [6.45, 7) is 1.74. The number of benzene rings is 1. The van der Waals surface area contributed by atoms with E-state index in [-0.39, 0.29) is 23.9 Å². The number of fused-ring (bicyclic) bond motifs is 1. The van der Waals surface area contributed by atoms with Crippen molar-refractivity contribution in [2.24, 2.45) is 5.14 Å². The van der Waals surface area contributed by atoms with Gasteiger partial charge in [-0.2, -0.15) is 0 Å². The van der Waals surface area contributed by atoms with Gasteiger partial charge >= 0.3 is 5.69 Å². The van der Waals surface area contributed by atoms with Crippen molar-refractivity contribution in [3.05, 3.63) is 40.6 Å². The van der Waals surface area contributed by atoms with Crippen molar-refractivity contribution in [3.63, 3.8) is 0 Å². The zero-order valence-corrected chi connectivity index (χ0v) is 12.7. The maximum absolute atomic E-state index is 11.2. The first-order valence-corrected chi connectivity index (χ1v) is 8.28. The maximum atomic E-state index is 11.2. The average molecular weight is 324 g/mol. The van der Waals surface area contributed by atoms with Gasteiger partial charge in [0.2, 0.25) is 10.0 Å². The van der Waals surface area contributed by atoms with Crippen molar-refractivity contribution >= 4 is 32.3 Å². The molecule has 0 radical (unpaired) electrons. The van der Waals surface area contributed by atoms with Crippen LogP contribution in [0.5, 0.6) is 0 Å². The fraction of sp³-hybridized carbons (Fsp3) is 0.308. The second kappa shape index (κ2) is 6.24. The first kappa shape index (κ1) is 16.1. The number of nitro groups is 1. The SMILES string of the molecule is CC(CCS(N)(=O)=O)Nc1c([N+](=O)[O-])cnc2ccccc12. The number of nitrogens with zero attached hydrogens (tertiary/aromatic N) is 2. The normalized spacial score (nSPS) is 13.0. The highest BCUT2D eigenvalue weighted by Gasteiger charge is 2.20. The summed E-state index contributed by atoms with van der Waals surface area (Å²) in [7, 11) is -3.57. The Kier molecular flexibility index (Phi) is 4.57. The summed E-state index contributed by atoms with van der Waals surface area (Å²) in [4.78, 5) is 14.7. The summed E-state index contributed by atoms with van der Waals surface area (Å²) in [5.41, 5.74) is 0.799.